The molecule has 0 heterocycles. The molecule has 0 spiro atoms. The summed E-state index contributed by atoms with van der Waals surface area (Å²) in [5.74, 6) is 0. The molecule has 0 saturated carbocycles. The third-order valence-electron chi connectivity index (χ3n) is 12.3. The lowest BCUT2D eigenvalue weighted by Crippen LogP contribution is -2.18. The van der Waals surface area contributed by atoms with Crippen LogP contribution in [0.2, 0.25) is 0 Å². The van der Waals surface area contributed by atoms with Gasteiger partial charge in [-0.25, -0.2) is 0 Å². The van der Waals surface area contributed by atoms with E-state index in [4.69, 9.17) is 0 Å². The first-order valence-electron chi connectivity index (χ1n) is 19.4. The second-order valence-corrected chi connectivity index (χ2v) is 16.2. The third-order valence-corrected chi connectivity index (χ3v) is 12.3. The van der Waals surface area contributed by atoms with Crippen molar-refractivity contribution >= 4 is 17.1 Å². The smallest absolute Gasteiger partial charge is 0.0465 e. The molecule has 8 aromatic carbocycles. The molecule has 2 aliphatic carbocycles. The molecule has 0 N–H and O–H groups in total. The molecule has 0 amide bonds. The Morgan fingerprint density at radius 2 is 0.582 bits per heavy atom. The third kappa shape index (κ3) is 5.37. The molecule has 0 aromatic heterocycles. The van der Waals surface area contributed by atoms with E-state index in [2.05, 4.69) is 221 Å². The Hall–Kier alpha value is -6.44. The van der Waals surface area contributed by atoms with Crippen molar-refractivity contribution in [1.82, 2.24) is 0 Å². The van der Waals surface area contributed by atoms with Gasteiger partial charge in [0.15, 0.2) is 0 Å². The fraction of sp³-hybridized carbons (Fsp3) is 0.111. The van der Waals surface area contributed by atoms with Gasteiger partial charge in [-0.3, -0.25) is 0 Å². The lowest BCUT2D eigenvalue weighted by Gasteiger charge is -2.30. The molecule has 0 saturated heterocycles. The van der Waals surface area contributed by atoms with E-state index in [0.29, 0.717) is 0 Å². The minimum Gasteiger partial charge on any atom is -0.310 e. The summed E-state index contributed by atoms with van der Waals surface area (Å²) in [6.07, 6.45) is 0. The highest BCUT2D eigenvalue weighted by molar-refractivity contribution is 5.88. The van der Waals surface area contributed by atoms with E-state index in [1.165, 1.54) is 89.3 Å². The summed E-state index contributed by atoms with van der Waals surface area (Å²) in [6, 6.07) is 69.4. The van der Waals surface area contributed by atoms with E-state index in [9.17, 15) is 0 Å². The molecule has 0 unspecified atom stereocenters. The molecule has 2 aliphatic rings. The zero-order valence-corrected chi connectivity index (χ0v) is 31.8. The maximum atomic E-state index is 2.45. The van der Waals surface area contributed by atoms with Crippen LogP contribution in [-0.4, -0.2) is 0 Å². The van der Waals surface area contributed by atoms with E-state index in [0.717, 1.165) is 5.69 Å². The normalized spacial score (nSPS) is 14.1. The lowest BCUT2D eigenvalue weighted by molar-refractivity contribution is 0.660. The quantitative estimate of drug-likeness (QED) is 0.166. The molecule has 55 heavy (non-hydrogen) atoms. The van der Waals surface area contributed by atoms with E-state index in [1.54, 1.807) is 0 Å². The van der Waals surface area contributed by atoms with Crippen LogP contribution in [-0.2, 0) is 10.8 Å². The van der Waals surface area contributed by atoms with Gasteiger partial charge in [-0.15, -0.1) is 0 Å². The second-order valence-electron chi connectivity index (χ2n) is 16.2. The fourth-order valence-electron chi connectivity index (χ4n) is 9.25. The van der Waals surface area contributed by atoms with Crippen LogP contribution in [0, 0.1) is 0 Å². The van der Waals surface area contributed by atoms with Gasteiger partial charge in [-0.1, -0.05) is 179 Å². The summed E-state index contributed by atoms with van der Waals surface area (Å²) in [7, 11) is 0. The van der Waals surface area contributed by atoms with Crippen molar-refractivity contribution in [3.05, 3.63) is 210 Å². The van der Waals surface area contributed by atoms with Crippen LogP contribution in [0.3, 0.4) is 0 Å². The number of hydrogen-bond acceptors (Lipinski definition) is 1. The Bertz CT molecular complexity index is 2610. The van der Waals surface area contributed by atoms with Crippen molar-refractivity contribution in [3.8, 4) is 55.6 Å². The number of hydrogen-bond donors (Lipinski definition) is 0. The Morgan fingerprint density at radius 3 is 1.00 bits per heavy atom. The van der Waals surface area contributed by atoms with E-state index in [1.807, 2.05) is 0 Å². The van der Waals surface area contributed by atoms with Gasteiger partial charge in [0.2, 0.25) is 0 Å². The van der Waals surface area contributed by atoms with Crippen LogP contribution >= 0.6 is 0 Å². The summed E-state index contributed by atoms with van der Waals surface area (Å²) in [4.78, 5) is 2.45. The minimum absolute atomic E-state index is 0.0882. The first kappa shape index (κ1) is 33.2. The highest BCUT2D eigenvalue weighted by Crippen LogP contribution is 2.53. The molecule has 0 fully saturated rings. The molecular weight excluding hydrogens is 663 g/mol. The molecule has 1 heteroatoms. The standard InChI is InChI=1S/C54H43N/c1-53(2)49-16-10-8-14-45(49)47-32-30-43(34-51(47)53)55(44-31-33-48-46-15-9-11-17-50(46)54(3,4)52(48)35-44)42-28-26-41(27-29-42)40-24-22-39(23-25-40)38-20-18-37(19-21-38)36-12-6-5-7-13-36/h5-35H,1-4H3. The van der Waals surface area contributed by atoms with Crippen LogP contribution in [0.15, 0.2) is 188 Å². The molecule has 1 nitrogen and oxygen atoms in total. The highest BCUT2D eigenvalue weighted by atomic mass is 15.1. The monoisotopic (exact) mass is 705 g/mol. The van der Waals surface area contributed by atoms with Crippen molar-refractivity contribution in [1.29, 1.82) is 0 Å². The summed E-state index contributed by atoms with van der Waals surface area (Å²) in [6.45, 7) is 9.45. The Balaban J connectivity index is 1.02. The maximum absolute atomic E-state index is 2.45. The SMILES string of the molecule is CC1(C)c2ccccc2-c2ccc(N(c3ccc(-c4ccc(-c5ccc(-c6ccccc6)cc5)cc4)cc3)c3ccc4c(c3)C(C)(C)c3ccccc3-4)cc21. The molecule has 0 atom stereocenters. The molecule has 0 aliphatic heterocycles. The fourth-order valence-corrected chi connectivity index (χ4v) is 9.25. The average Bonchev–Trinajstić information content (AvgIpc) is 3.61. The minimum atomic E-state index is -0.0882. The summed E-state index contributed by atoms with van der Waals surface area (Å²) < 4.78 is 0. The largest absolute Gasteiger partial charge is 0.310 e. The molecule has 0 bridgehead atoms. The van der Waals surface area contributed by atoms with Crippen molar-refractivity contribution in [2.75, 3.05) is 4.90 Å². The first-order chi connectivity index (χ1) is 26.8. The maximum Gasteiger partial charge on any atom is 0.0465 e. The zero-order valence-electron chi connectivity index (χ0n) is 31.8. The van der Waals surface area contributed by atoms with Crippen molar-refractivity contribution in [3.63, 3.8) is 0 Å². The van der Waals surface area contributed by atoms with Gasteiger partial charge < -0.3 is 4.90 Å². The van der Waals surface area contributed by atoms with Gasteiger partial charge in [0.05, 0.1) is 0 Å². The number of anilines is 3. The number of nitrogens with zero attached hydrogens (tertiary/aromatic N) is 1. The number of rotatable bonds is 6. The average molecular weight is 706 g/mol. The lowest BCUT2D eigenvalue weighted by atomic mass is 9.82. The highest BCUT2D eigenvalue weighted by Gasteiger charge is 2.37. The summed E-state index contributed by atoms with van der Waals surface area (Å²) in [5, 5.41) is 0. The molecular formula is C54H43N. The zero-order chi connectivity index (χ0) is 37.3. The first-order valence-corrected chi connectivity index (χ1v) is 19.4. The van der Waals surface area contributed by atoms with Crippen molar-refractivity contribution < 1.29 is 0 Å². The van der Waals surface area contributed by atoms with Gasteiger partial charge in [-0.2, -0.15) is 0 Å². The van der Waals surface area contributed by atoms with Gasteiger partial charge in [0, 0.05) is 27.9 Å². The predicted molar refractivity (Wildman–Crippen MR) is 233 cm³/mol. The van der Waals surface area contributed by atoms with Crippen molar-refractivity contribution in [2.24, 2.45) is 0 Å². The van der Waals surface area contributed by atoms with Gasteiger partial charge in [0.25, 0.3) is 0 Å². The van der Waals surface area contributed by atoms with Crippen LogP contribution in [0.5, 0.6) is 0 Å². The van der Waals surface area contributed by atoms with Gasteiger partial charge in [-0.05, 0) is 114 Å². The van der Waals surface area contributed by atoms with Crippen LogP contribution in [0.25, 0.3) is 55.6 Å². The van der Waals surface area contributed by atoms with Gasteiger partial charge >= 0.3 is 0 Å². The van der Waals surface area contributed by atoms with Crippen molar-refractivity contribution in [2.45, 2.75) is 38.5 Å². The topological polar surface area (TPSA) is 3.24 Å². The Labute approximate surface area is 325 Å². The summed E-state index contributed by atoms with van der Waals surface area (Å²) in [5.41, 5.74) is 21.5. The molecule has 10 rings (SSSR count). The Morgan fingerprint density at radius 1 is 0.273 bits per heavy atom. The van der Waals surface area contributed by atoms with Crippen LogP contribution < -0.4 is 4.90 Å². The predicted octanol–water partition coefficient (Wildman–Crippen LogP) is 14.8. The van der Waals surface area contributed by atoms with Crippen LogP contribution in [0.1, 0.15) is 49.9 Å². The summed E-state index contributed by atoms with van der Waals surface area (Å²) >= 11 is 0. The van der Waals surface area contributed by atoms with Gasteiger partial charge in [0.1, 0.15) is 0 Å². The van der Waals surface area contributed by atoms with E-state index >= 15 is 0 Å². The molecule has 0 radical (unpaired) electrons. The molecule has 264 valence electrons. The Kier molecular flexibility index (Phi) is 7.58. The van der Waals surface area contributed by atoms with E-state index < -0.39 is 0 Å². The van der Waals surface area contributed by atoms with E-state index in [-0.39, 0.29) is 10.8 Å². The second kappa shape index (κ2) is 12.6. The molecule has 8 aromatic rings. The number of benzene rings is 8. The number of fused-ring (bicyclic) bond motifs is 6. The van der Waals surface area contributed by atoms with Crippen LogP contribution in [0.4, 0.5) is 17.1 Å².